The van der Waals surface area contributed by atoms with Crippen molar-refractivity contribution in [3.63, 3.8) is 0 Å². The van der Waals surface area contributed by atoms with Crippen LogP contribution in [0.15, 0.2) is 23.1 Å². The zero-order chi connectivity index (χ0) is 22.2. The largest absolute Gasteiger partial charge is 0.493 e. The molecule has 2 amide bonds. The van der Waals surface area contributed by atoms with Gasteiger partial charge in [-0.25, -0.2) is 0 Å². The Morgan fingerprint density at radius 3 is 2.65 bits per heavy atom. The molecule has 31 heavy (non-hydrogen) atoms. The summed E-state index contributed by atoms with van der Waals surface area (Å²) in [7, 11) is 3.17. The first kappa shape index (κ1) is 23.6. The molecule has 1 aromatic carbocycles. The Kier molecular flexibility index (Phi) is 8.78. The lowest BCUT2D eigenvalue weighted by Gasteiger charge is -2.14. The lowest BCUT2D eigenvalue weighted by Crippen LogP contribution is -2.32. The van der Waals surface area contributed by atoms with Gasteiger partial charge in [0.1, 0.15) is 4.32 Å². The summed E-state index contributed by atoms with van der Waals surface area (Å²) in [5, 5.41) is 3.12. The highest BCUT2D eigenvalue weighted by atomic mass is 32.2. The second-order valence-electron chi connectivity index (χ2n) is 7.81. The van der Waals surface area contributed by atoms with Crippen molar-refractivity contribution in [2.75, 3.05) is 20.8 Å². The molecule has 0 radical (unpaired) electrons. The van der Waals surface area contributed by atoms with Gasteiger partial charge in [0.05, 0.1) is 19.1 Å². The molecule has 1 N–H and O–H groups in total. The van der Waals surface area contributed by atoms with Crippen LogP contribution in [-0.4, -0.2) is 47.8 Å². The molecule has 0 atom stereocenters. The zero-order valence-electron chi connectivity index (χ0n) is 18.1. The van der Waals surface area contributed by atoms with Crippen LogP contribution in [0.4, 0.5) is 0 Å². The topological polar surface area (TPSA) is 67.9 Å². The molecule has 0 aromatic heterocycles. The number of benzene rings is 1. The number of rotatable bonds is 10. The van der Waals surface area contributed by atoms with Crippen molar-refractivity contribution in [1.82, 2.24) is 10.2 Å². The highest BCUT2D eigenvalue weighted by Crippen LogP contribution is 2.34. The number of carbonyl (C=O) groups is 2. The maximum Gasteiger partial charge on any atom is 0.266 e. The normalized spacial score (nSPS) is 18.1. The van der Waals surface area contributed by atoms with Crippen molar-refractivity contribution >= 4 is 46.2 Å². The summed E-state index contributed by atoms with van der Waals surface area (Å²) in [5.74, 6) is 1.34. The summed E-state index contributed by atoms with van der Waals surface area (Å²) in [4.78, 5) is 27.1. The van der Waals surface area contributed by atoms with Crippen LogP contribution in [0.3, 0.4) is 0 Å². The molecule has 1 aromatic rings. The summed E-state index contributed by atoms with van der Waals surface area (Å²) < 4.78 is 11.2. The van der Waals surface area contributed by atoms with Crippen LogP contribution in [0.2, 0.25) is 0 Å². The number of hydrogen-bond donors (Lipinski definition) is 1. The van der Waals surface area contributed by atoms with Crippen LogP contribution in [0.5, 0.6) is 11.5 Å². The Bertz CT molecular complexity index is 850. The molecular formula is C23H30N2O4S2. The fourth-order valence-corrected chi connectivity index (χ4v) is 5.20. The van der Waals surface area contributed by atoms with E-state index in [1.54, 1.807) is 19.1 Å². The predicted molar refractivity (Wildman–Crippen MR) is 128 cm³/mol. The number of nitrogens with zero attached hydrogens (tertiary/aromatic N) is 1. The molecule has 2 fully saturated rings. The van der Waals surface area contributed by atoms with Gasteiger partial charge in [0, 0.05) is 19.0 Å². The van der Waals surface area contributed by atoms with E-state index in [1.807, 2.05) is 24.3 Å². The summed E-state index contributed by atoms with van der Waals surface area (Å²) in [6, 6.07) is 5.90. The molecule has 1 saturated heterocycles. The Hall–Kier alpha value is -2.06. The number of methoxy groups -OCH3 is 2. The van der Waals surface area contributed by atoms with Crippen molar-refractivity contribution in [3.05, 3.63) is 28.7 Å². The van der Waals surface area contributed by atoms with Crippen LogP contribution < -0.4 is 14.8 Å². The first-order chi connectivity index (χ1) is 15.0. The van der Waals surface area contributed by atoms with E-state index in [0.717, 1.165) is 37.7 Å². The number of nitrogens with one attached hydrogen (secondary N) is 1. The summed E-state index contributed by atoms with van der Waals surface area (Å²) >= 11 is 6.74. The Morgan fingerprint density at radius 2 is 1.94 bits per heavy atom. The van der Waals surface area contributed by atoms with Gasteiger partial charge in [-0.1, -0.05) is 49.3 Å². The Labute approximate surface area is 193 Å². The highest BCUT2D eigenvalue weighted by Gasteiger charge is 2.31. The number of thiocarbonyl (C=S) groups is 1. The third-order valence-electron chi connectivity index (χ3n) is 5.58. The fourth-order valence-electron chi connectivity index (χ4n) is 3.89. The van der Waals surface area contributed by atoms with Crippen molar-refractivity contribution in [3.8, 4) is 11.5 Å². The number of thioether (sulfide) groups is 1. The van der Waals surface area contributed by atoms with Gasteiger partial charge in [0.2, 0.25) is 5.91 Å². The third-order valence-corrected chi connectivity index (χ3v) is 6.96. The van der Waals surface area contributed by atoms with E-state index in [2.05, 4.69) is 5.32 Å². The highest BCUT2D eigenvalue weighted by molar-refractivity contribution is 8.26. The smallest absolute Gasteiger partial charge is 0.266 e. The molecule has 0 bridgehead atoms. The van der Waals surface area contributed by atoms with Gasteiger partial charge in [0.15, 0.2) is 11.5 Å². The van der Waals surface area contributed by atoms with E-state index in [0.29, 0.717) is 39.7 Å². The van der Waals surface area contributed by atoms with Crippen molar-refractivity contribution < 1.29 is 19.1 Å². The maximum atomic E-state index is 12.8. The van der Waals surface area contributed by atoms with E-state index < -0.39 is 0 Å². The summed E-state index contributed by atoms with van der Waals surface area (Å²) in [6.45, 7) is 0.582. The number of carbonyl (C=O) groups excluding carboxylic acids is 2. The minimum atomic E-state index is -0.0660. The van der Waals surface area contributed by atoms with E-state index in [9.17, 15) is 9.59 Å². The van der Waals surface area contributed by atoms with E-state index in [4.69, 9.17) is 21.7 Å². The summed E-state index contributed by atoms with van der Waals surface area (Å²) in [5.41, 5.74) is 0.853. The van der Waals surface area contributed by atoms with Gasteiger partial charge in [-0.15, -0.1) is 0 Å². The third kappa shape index (κ3) is 6.46. The van der Waals surface area contributed by atoms with Crippen LogP contribution in [-0.2, 0) is 9.59 Å². The average Bonchev–Trinajstić information content (AvgIpc) is 3.36. The number of unbranched alkanes of at least 4 members (excludes halogenated alkanes) is 2. The van der Waals surface area contributed by atoms with Gasteiger partial charge in [0.25, 0.3) is 5.91 Å². The molecule has 8 heteroatoms. The minimum absolute atomic E-state index is 0.0660. The molecular weight excluding hydrogens is 432 g/mol. The molecule has 1 aliphatic heterocycles. The second-order valence-corrected chi connectivity index (χ2v) is 9.48. The van der Waals surface area contributed by atoms with Crippen LogP contribution in [0.25, 0.3) is 6.08 Å². The quantitative estimate of drug-likeness (QED) is 0.313. The van der Waals surface area contributed by atoms with Gasteiger partial charge < -0.3 is 14.8 Å². The molecule has 6 nitrogen and oxygen atoms in total. The molecule has 2 aliphatic rings. The number of ether oxygens (including phenoxy) is 2. The van der Waals surface area contributed by atoms with Gasteiger partial charge in [-0.3, -0.25) is 14.5 Å². The van der Waals surface area contributed by atoms with Gasteiger partial charge in [-0.2, -0.15) is 0 Å². The number of hydrogen-bond acceptors (Lipinski definition) is 6. The first-order valence-electron chi connectivity index (χ1n) is 10.8. The lowest BCUT2D eigenvalue weighted by molar-refractivity contribution is -0.123. The fraction of sp³-hybridized carbons (Fsp3) is 0.522. The standard InChI is InChI=1S/C23H30N2O4S2/c1-28-18-12-11-16(14-19(18)29-2)15-20-22(27)25(23(30)31-20)13-7-3-4-10-21(26)24-17-8-5-6-9-17/h11-12,14-15,17H,3-10,13H2,1-2H3,(H,24,26). The second kappa shape index (κ2) is 11.5. The van der Waals surface area contributed by atoms with Crippen molar-refractivity contribution in [2.45, 2.75) is 57.4 Å². The van der Waals surface area contributed by atoms with Crippen molar-refractivity contribution in [1.29, 1.82) is 0 Å². The monoisotopic (exact) mass is 462 g/mol. The van der Waals surface area contributed by atoms with Gasteiger partial charge >= 0.3 is 0 Å². The summed E-state index contributed by atoms with van der Waals surface area (Å²) in [6.07, 6.45) is 9.58. The van der Waals surface area contributed by atoms with E-state index in [-0.39, 0.29) is 11.8 Å². The van der Waals surface area contributed by atoms with Crippen LogP contribution in [0, 0.1) is 0 Å². The molecule has 0 unspecified atom stereocenters. The SMILES string of the molecule is COc1ccc(C=C2SC(=S)N(CCCCCC(=O)NC3CCCC3)C2=O)cc1OC. The molecule has 168 valence electrons. The molecule has 0 spiro atoms. The van der Waals surface area contributed by atoms with Gasteiger partial charge in [-0.05, 0) is 49.5 Å². The average molecular weight is 463 g/mol. The molecule has 1 saturated carbocycles. The van der Waals surface area contributed by atoms with Crippen molar-refractivity contribution in [2.24, 2.45) is 0 Å². The maximum absolute atomic E-state index is 12.8. The Balaban J connectivity index is 1.45. The number of amides is 2. The minimum Gasteiger partial charge on any atom is -0.493 e. The Morgan fingerprint density at radius 1 is 1.19 bits per heavy atom. The van der Waals surface area contributed by atoms with E-state index in [1.165, 1.54) is 24.6 Å². The molecule has 1 aliphatic carbocycles. The van der Waals surface area contributed by atoms with Crippen LogP contribution >= 0.6 is 24.0 Å². The van der Waals surface area contributed by atoms with E-state index >= 15 is 0 Å². The molecule has 3 rings (SSSR count). The van der Waals surface area contributed by atoms with Crippen LogP contribution in [0.1, 0.15) is 56.9 Å². The molecule has 1 heterocycles. The first-order valence-corrected chi connectivity index (χ1v) is 12.0. The predicted octanol–water partition coefficient (Wildman–Crippen LogP) is 4.52. The zero-order valence-corrected chi connectivity index (χ0v) is 19.8. The lowest BCUT2D eigenvalue weighted by atomic mass is 10.1.